The van der Waals surface area contributed by atoms with Gasteiger partial charge in [-0.15, -0.1) is 11.3 Å². The summed E-state index contributed by atoms with van der Waals surface area (Å²) < 4.78 is 0. The molecular formula is C14H9Cl2NO2S. The van der Waals surface area contributed by atoms with Gasteiger partial charge in [0.15, 0.2) is 5.78 Å². The van der Waals surface area contributed by atoms with E-state index in [4.69, 9.17) is 23.2 Å². The van der Waals surface area contributed by atoms with Crippen LogP contribution in [0.4, 0.5) is 0 Å². The van der Waals surface area contributed by atoms with Crippen molar-refractivity contribution in [1.29, 1.82) is 0 Å². The molecule has 0 bridgehead atoms. The van der Waals surface area contributed by atoms with E-state index in [0.29, 0.717) is 22.0 Å². The Bertz CT molecular complexity index is 711. The van der Waals surface area contributed by atoms with Crippen molar-refractivity contribution >= 4 is 46.2 Å². The molecule has 102 valence electrons. The molecule has 1 aliphatic carbocycles. The number of amides is 1. The van der Waals surface area contributed by atoms with Crippen LogP contribution in [0.5, 0.6) is 0 Å². The van der Waals surface area contributed by atoms with Crippen molar-refractivity contribution in [3.05, 3.63) is 55.7 Å². The van der Waals surface area contributed by atoms with Crippen LogP contribution in [0.15, 0.2) is 29.6 Å². The van der Waals surface area contributed by atoms with E-state index in [-0.39, 0.29) is 17.7 Å². The van der Waals surface area contributed by atoms with E-state index in [1.54, 1.807) is 12.1 Å². The Labute approximate surface area is 129 Å². The van der Waals surface area contributed by atoms with Crippen LogP contribution in [0.1, 0.15) is 38.1 Å². The number of thiophene rings is 1. The van der Waals surface area contributed by atoms with E-state index in [1.165, 1.54) is 17.4 Å². The van der Waals surface area contributed by atoms with Crippen molar-refractivity contribution in [1.82, 2.24) is 5.32 Å². The van der Waals surface area contributed by atoms with Crippen LogP contribution in [0.3, 0.4) is 0 Å². The van der Waals surface area contributed by atoms with E-state index in [1.807, 2.05) is 11.4 Å². The number of halogens is 2. The molecule has 1 aromatic carbocycles. The topological polar surface area (TPSA) is 46.2 Å². The van der Waals surface area contributed by atoms with Gasteiger partial charge in [0.25, 0.3) is 5.91 Å². The van der Waals surface area contributed by atoms with Gasteiger partial charge in [-0.05, 0) is 35.2 Å². The fraction of sp³-hybridized carbons (Fsp3) is 0.143. The molecule has 6 heteroatoms. The van der Waals surface area contributed by atoms with Gasteiger partial charge in [0.1, 0.15) is 0 Å². The lowest BCUT2D eigenvalue weighted by molar-refractivity contribution is 0.0926. The van der Waals surface area contributed by atoms with Crippen molar-refractivity contribution < 1.29 is 9.59 Å². The van der Waals surface area contributed by atoms with E-state index >= 15 is 0 Å². The van der Waals surface area contributed by atoms with Gasteiger partial charge in [-0.2, -0.15) is 0 Å². The Morgan fingerprint density at radius 3 is 2.85 bits per heavy atom. The zero-order valence-electron chi connectivity index (χ0n) is 10.2. The second kappa shape index (κ2) is 5.20. The average Bonchev–Trinajstić information content (AvgIpc) is 2.95. The Kier molecular flexibility index (Phi) is 3.54. The van der Waals surface area contributed by atoms with Gasteiger partial charge >= 0.3 is 0 Å². The van der Waals surface area contributed by atoms with E-state index in [0.717, 1.165) is 10.4 Å². The molecule has 1 N–H and O–H groups in total. The first kappa shape index (κ1) is 13.6. The molecule has 1 amide bonds. The summed E-state index contributed by atoms with van der Waals surface area (Å²) in [6.07, 6.45) is 0.305. The van der Waals surface area contributed by atoms with Crippen molar-refractivity contribution in [2.24, 2.45) is 0 Å². The predicted octanol–water partition coefficient (Wildman–Crippen LogP) is 4.11. The third-order valence-electron chi connectivity index (χ3n) is 3.19. The number of benzene rings is 1. The van der Waals surface area contributed by atoms with Crippen LogP contribution in [0, 0.1) is 0 Å². The summed E-state index contributed by atoms with van der Waals surface area (Å²) in [7, 11) is 0. The van der Waals surface area contributed by atoms with E-state index < -0.39 is 0 Å². The molecule has 1 atom stereocenters. The molecule has 3 nitrogen and oxygen atoms in total. The second-order valence-electron chi connectivity index (χ2n) is 4.48. The van der Waals surface area contributed by atoms with Crippen LogP contribution < -0.4 is 5.32 Å². The highest BCUT2D eigenvalue weighted by Crippen LogP contribution is 2.35. The van der Waals surface area contributed by atoms with Crippen LogP contribution in [-0.2, 0) is 0 Å². The first-order valence-electron chi connectivity index (χ1n) is 5.93. The summed E-state index contributed by atoms with van der Waals surface area (Å²) in [4.78, 5) is 24.7. The Morgan fingerprint density at radius 1 is 1.30 bits per heavy atom. The molecule has 0 aliphatic heterocycles. The number of hydrogen-bond donors (Lipinski definition) is 1. The van der Waals surface area contributed by atoms with Gasteiger partial charge in [-0.3, -0.25) is 9.59 Å². The highest BCUT2D eigenvalue weighted by atomic mass is 35.5. The first-order valence-corrected chi connectivity index (χ1v) is 7.56. The molecule has 2 aromatic rings. The van der Waals surface area contributed by atoms with Crippen LogP contribution in [0.2, 0.25) is 10.0 Å². The monoisotopic (exact) mass is 325 g/mol. The number of hydrogen-bond acceptors (Lipinski definition) is 3. The number of carbonyl (C=O) groups is 2. The molecule has 1 aliphatic rings. The minimum atomic E-state index is -0.302. The molecule has 3 rings (SSSR count). The molecule has 0 saturated carbocycles. The van der Waals surface area contributed by atoms with Crippen molar-refractivity contribution in [3.63, 3.8) is 0 Å². The first-order chi connectivity index (χ1) is 9.56. The van der Waals surface area contributed by atoms with Crippen molar-refractivity contribution in [3.8, 4) is 0 Å². The fourth-order valence-corrected chi connectivity index (χ4v) is 3.65. The van der Waals surface area contributed by atoms with Gasteiger partial charge in [0.2, 0.25) is 0 Å². The minimum Gasteiger partial charge on any atom is -0.345 e. The lowest BCUT2D eigenvalue weighted by atomic mass is 10.1. The number of carbonyl (C=O) groups excluding carboxylic acids is 2. The molecule has 0 saturated heterocycles. The van der Waals surface area contributed by atoms with Crippen molar-refractivity contribution in [2.45, 2.75) is 12.5 Å². The fourth-order valence-electron chi connectivity index (χ4n) is 2.25. The molecule has 0 fully saturated rings. The quantitative estimate of drug-likeness (QED) is 0.903. The normalized spacial score (nSPS) is 17.1. The smallest absolute Gasteiger partial charge is 0.253 e. The highest BCUT2D eigenvalue weighted by Gasteiger charge is 2.31. The molecular weight excluding hydrogens is 317 g/mol. The summed E-state index contributed by atoms with van der Waals surface area (Å²) in [5.41, 5.74) is 1.24. The number of Topliss-reactive ketones (excluding diaryl/α,β-unsaturated/α-hetero) is 1. The molecule has 1 aromatic heterocycles. The molecule has 0 radical (unpaired) electrons. The third kappa shape index (κ3) is 2.35. The van der Waals surface area contributed by atoms with Crippen LogP contribution in [-0.4, -0.2) is 11.7 Å². The molecule has 0 unspecified atom stereocenters. The predicted molar refractivity (Wildman–Crippen MR) is 79.9 cm³/mol. The number of fused-ring (bicyclic) bond motifs is 1. The number of nitrogens with one attached hydrogen (secondary N) is 1. The molecule has 0 spiro atoms. The van der Waals surface area contributed by atoms with Gasteiger partial charge in [0.05, 0.1) is 21.5 Å². The Morgan fingerprint density at radius 2 is 2.10 bits per heavy atom. The maximum atomic E-state index is 12.2. The van der Waals surface area contributed by atoms with Gasteiger partial charge in [0, 0.05) is 11.4 Å². The second-order valence-corrected chi connectivity index (χ2v) is 6.24. The molecule has 1 heterocycles. The zero-order chi connectivity index (χ0) is 14.3. The Hall–Kier alpha value is -1.36. The van der Waals surface area contributed by atoms with Gasteiger partial charge in [-0.1, -0.05) is 23.2 Å². The SMILES string of the molecule is O=C(N[C@H]1CC(=O)c2sccc21)c1ccc(Cl)cc1Cl. The number of ketones is 1. The van der Waals surface area contributed by atoms with Crippen molar-refractivity contribution in [2.75, 3.05) is 0 Å². The van der Waals surface area contributed by atoms with E-state index in [9.17, 15) is 9.59 Å². The largest absolute Gasteiger partial charge is 0.345 e. The summed E-state index contributed by atoms with van der Waals surface area (Å²) in [6, 6.07) is 6.30. The maximum absolute atomic E-state index is 12.2. The Balaban J connectivity index is 1.83. The number of rotatable bonds is 2. The summed E-state index contributed by atoms with van der Waals surface area (Å²) in [5.74, 6) is -0.231. The third-order valence-corrected chi connectivity index (χ3v) is 4.71. The van der Waals surface area contributed by atoms with Gasteiger partial charge in [-0.25, -0.2) is 0 Å². The standard InChI is InChI=1S/C14H9Cl2NO2S/c15-7-1-2-8(10(16)5-7)14(19)17-11-6-12(18)13-9(11)3-4-20-13/h1-5,11H,6H2,(H,17,19)/t11-/m0/s1. The average molecular weight is 326 g/mol. The van der Waals surface area contributed by atoms with Gasteiger partial charge < -0.3 is 5.32 Å². The maximum Gasteiger partial charge on any atom is 0.253 e. The van der Waals surface area contributed by atoms with Crippen LogP contribution in [0.25, 0.3) is 0 Å². The summed E-state index contributed by atoms with van der Waals surface area (Å²) in [6.45, 7) is 0. The summed E-state index contributed by atoms with van der Waals surface area (Å²) in [5, 5.41) is 5.48. The highest BCUT2D eigenvalue weighted by molar-refractivity contribution is 7.12. The molecule has 20 heavy (non-hydrogen) atoms. The van der Waals surface area contributed by atoms with Crippen LogP contribution >= 0.6 is 34.5 Å². The minimum absolute atomic E-state index is 0.0718. The van der Waals surface area contributed by atoms with E-state index in [2.05, 4.69) is 5.32 Å². The lowest BCUT2D eigenvalue weighted by Crippen LogP contribution is -2.27. The summed E-state index contributed by atoms with van der Waals surface area (Å²) >= 11 is 13.2. The lowest BCUT2D eigenvalue weighted by Gasteiger charge is -2.13. The zero-order valence-corrected chi connectivity index (χ0v) is 12.5.